The van der Waals surface area contributed by atoms with Gasteiger partial charge in [-0.25, -0.2) is 4.98 Å². The number of para-hydroxylation sites is 4. The second-order valence-corrected chi connectivity index (χ2v) is 8.98. The van der Waals surface area contributed by atoms with Gasteiger partial charge in [0.15, 0.2) is 11.5 Å². The molecule has 0 bridgehead atoms. The molecule has 0 aliphatic heterocycles. The smallest absolute Gasteiger partial charge is 0.225 e. The van der Waals surface area contributed by atoms with Gasteiger partial charge in [-0.2, -0.15) is 0 Å². The molecule has 1 heterocycles. The SMILES string of the molecule is COc1ccccc1OCCn1c(CCCCCNC(=O)C(C)(C)C)nc2ccccc21. The number of methoxy groups -OCH3 is 1. The zero-order valence-corrected chi connectivity index (χ0v) is 19.7. The standard InChI is InChI=1S/C26H35N3O3/c1-26(2,3)25(30)27-17-11-5-6-16-24-28-20-12-7-8-13-21(20)29(24)18-19-32-23-15-10-9-14-22(23)31-4/h7-10,12-15H,5-6,11,16-19H2,1-4H3,(H,27,30). The van der Waals surface area contributed by atoms with Gasteiger partial charge in [0.05, 0.1) is 24.7 Å². The zero-order chi connectivity index (χ0) is 23.0. The van der Waals surface area contributed by atoms with E-state index in [2.05, 4.69) is 22.0 Å². The van der Waals surface area contributed by atoms with Crippen molar-refractivity contribution in [1.82, 2.24) is 14.9 Å². The minimum absolute atomic E-state index is 0.106. The van der Waals surface area contributed by atoms with Crippen LogP contribution in [0.3, 0.4) is 0 Å². The number of carbonyl (C=O) groups is 1. The van der Waals surface area contributed by atoms with Crippen LogP contribution in [0.25, 0.3) is 11.0 Å². The Bertz CT molecular complexity index is 1020. The minimum atomic E-state index is -0.337. The van der Waals surface area contributed by atoms with Crippen molar-refractivity contribution in [1.29, 1.82) is 0 Å². The maximum atomic E-state index is 12.0. The van der Waals surface area contributed by atoms with E-state index >= 15 is 0 Å². The van der Waals surface area contributed by atoms with Crippen LogP contribution in [0, 0.1) is 5.41 Å². The molecule has 6 heteroatoms. The van der Waals surface area contributed by atoms with Crippen molar-refractivity contribution in [2.45, 2.75) is 53.0 Å². The molecule has 0 saturated heterocycles. The van der Waals surface area contributed by atoms with Crippen LogP contribution in [-0.4, -0.2) is 35.7 Å². The number of nitrogens with one attached hydrogen (secondary N) is 1. The van der Waals surface area contributed by atoms with Crippen LogP contribution in [0.1, 0.15) is 45.9 Å². The monoisotopic (exact) mass is 437 g/mol. The molecule has 3 aromatic rings. The first-order valence-corrected chi connectivity index (χ1v) is 11.4. The third-order valence-corrected chi connectivity index (χ3v) is 5.42. The van der Waals surface area contributed by atoms with Crippen LogP contribution in [0.4, 0.5) is 0 Å². The van der Waals surface area contributed by atoms with E-state index < -0.39 is 0 Å². The van der Waals surface area contributed by atoms with E-state index in [9.17, 15) is 4.79 Å². The highest BCUT2D eigenvalue weighted by atomic mass is 16.5. The van der Waals surface area contributed by atoms with Gasteiger partial charge in [0.2, 0.25) is 5.91 Å². The molecule has 1 N–H and O–H groups in total. The molecular weight excluding hydrogens is 402 g/mol. The highest BCUT2D eigenvalue weighted by Crippen LogP contribution is 2.26. The number of hydrogen-bond acceptors (Lipinski definition) is 4. The van der Waals surface area contributed by atoms with Gasteiger partial charge >= 0.3 is 0 Å². The lowest BCUT2D eigenvalue weighted by molar-refractivity contribution is -0.128. The van der Waals surface area contributed by atoms with Gasteiger partial charge in [0.1, 0.15) is 12.4 Å². The molecule has 1 aromatic heterocycles. The van der Waals surface area contributed by atoms with Crippen LogP contribution in [-0.2, 0) is 17.8 Å². The lowest BCUT2D eigenvalue weighted by Gasteiger charge is -2.17. The molecule has 32 heavy (non-hydrogen) atoms. The fraction of sp³-hybridized carbons (Fsp3) is 0.462. The summed E-state index contributed by atoms with van der Waals surface area (Å²) in [5.41, 5.74) is 1.80. The van der Waals surface area contributed by atoms with Crippen molar-refractivity contribution in [2.75, 3.05) is 20.3 Å². The Hall–Kier alpha value is -3.02. The first kappa shape index (κ1) is 23.6. The molecular formula is C26H35N3O3. The summed E-state index contributed by atoms with van der Waals surface area (Å²) in [6.45, 7) is 7.78. The summed E-state index contributed by atoms with van der Waals surface area (Å²) in [5.74, 6) is 2.67. The van der Waals surface area contributed by atoms with Crippen molar-refractivity contribution in [3.8, 4) is 11.5 Å². The summed E-state index contributed by atoms with van der Waals surface area (Å²) in [5, 5.41) is 3.02. The maximum Gasteiger partial charge on any atom is 0.225 e. The minimum Gasteiger partial charge on any atom is -0.493 e. The number of unbranched alkanes of at least 4 members (excludes halogenated alkanes) is 2. The first-order chi connectivity index (χ1) is 15.4. The maximum absolute atomic E-state index is 12.0. The fourth-order valence-electron chi connectivity index (χ4n) is 3.60. The zero-order valence-electron chi connectivity index (χ0n) is 19.7. The van der Waals surface area contributed by atoms with Gasteiger partial charge in [0, 0.05) is 18.4 Å². The Morgan fingerprint density at radius 2 is 1.72 bits per heavy atom. The molecule has 0 saturated carbocycles. The molecule has 0 unspecified atom stereocenters. The number of fused-ring (bicyclic) bond motifs is 1. The molecule has 6 nitrogen and oxygen atoms in total. The van der Waals surface area contributed by atoms with Crippen LogP contribution in [0.5, 0.6) is 11.5 Å². The summed E-state index contributed by atoms with van der Waals surface area (Å²) in [4.78, 5) is 16.8. The number of rotatable bonds is 11. The highest BCUT2D eigenvalue weighted by Gasteiger charge is 2.20. The Morgan fingerprint density at radius 3 is 2.47 bits per heavy atom. The van der Waals surface area contributed by atoms with Crippen LogP contribution in [0.2, 0.25) is 0 Å². The number of amides is 1. The van der Waals surface area contributed by atoms with Gasteiger partial charge in [-0.15, -0.1) is 0 Å². The predicted molar refractivity (Wildman–Crippen MR) is 128 cm³/mol. The molecule has 0 fully saturated rings. The van der Waals surface area contributed by atoms with E-state index in [4.69, 9.17) is 14.5 Å². The summed E-state index contributed by atoms with van der Waals surface area (Å²) in [6.07, 6.45) is 3.95. The van der Waals surface area contributed by atoms with Gasteiger partial charge < -0.3 is 19.4 Å². The molecule has 0 aliphatic carbocycles. The van der Waals surface area contributed by atoms with Crippen molar-refractivity contribution in [2.24, 2.45) is 5.41 Å². The van der Waals surface area contributed by atoms with E-state index in [1.807, 2.05) is 57.2 Å². The molecule has 2 aromatic carbocycles. The first-order valence-electron chi connectivity index (χ1n) is 11.4. The Labute approximate surface area is 190 Å². The molecule has 0 aliphatic rings. The van der Waals surface area contributed by atoms with E-state index in [1.165, 1.54) is 0 Å². The van der Waals surface area contributed by atoms with Crippen molar-refractivity contribution in [3.63, 3.8) is 0 Å². The van der Waals surface area contributed by atoms with E-state index in [-0.39, 0.29) is 11.3 Å². The molecule has 0 radical (unpaired) electrons. The lowest BCUT2D eigenvalue weighted by Crippen LogP contribution is -2.35. The highest BCUT2D eigenvalue weighted by molar-refractivity contribution is 5.81. The average Bonchev–Trinajstić information content (AvgIpc) is 3.13. The van der Waals surface area contributed by atoms with Crippen molar-refractivity contribution in [3.05, 3.63) is 54.4 Å². The van der Waals surface area contributed by atoms with E-state index in [1.54, 1.807) is 7.11 Å². The van der Waals surface area contributed by atoms with Gasteiger partial charge in [-0.05, 0) is 37.1 Å². The van der Waals surface area contributed by atoms with Crippen molar-refractivity contribution < 1.29 is 14.3 Å². The number of ether oxygens (including phenoxy) is 2. The van der Waals surface area contributed by atoms with E-state index in [0.29, 0.717) is 6.61 Å². The molecule has 0 atom stereocenters. The van der Waals surface area contributed by atoms with E-state index in [0.717, 1.165) is 67.1 Å². The predicted octanol–water partition coefficient (Wildman–Crippen LogP) is 5.00. The Morgan fingerprint density at radius 1 is 1.00 bits per heavy atom. The number of benzene rings is 2. The van der Waals surface area contributed by atoms with Gasteiger partial charge in [0.25, 0.3) is 0 Å². The van der Waals surface area contributed by atoms with Crippen LogP contribution in [0.15, 0.2) is 48.5 Å². The number of nitrogens with zero attached hydrogens (tertiary/aromatic N) is 2. The number of carbonyl (C=O) groups excluding carboxylic acids is 1. The number of aromatic nitrogens is 2. The normalized spacial score (nSPS) is 11.5. The largest absolute Gasteiger partial charge is 0.493 e. The fourth-order valence-corrected chi connectivity index (χ4v) is 3.60. The average molecular weight is 438 g/mol. The molecule has 172 valence electrons. The van der Waals surface area contributed by atoms with Crippen LogP contribution < -0.4 is 14.8 Å². The number of aryl methyl sites for hydroxylation is 1. The summed E-state index contributed by atoms with van der Waals surface area (Å²) in [7, 11) is 1.65. The van der Waals surface area contributed by atoms with Gasteiger partial charge in [-0.3, -0.25) is 4.79 Å². The second kappa shape index (κ2) is 11.0. The summed E-state index contributed by atoms with van der Waals surface area (Å²) < 4.78 is 13.6. The quantitative estimate of drug-likeness (QED) is 0.429. The topological polar surface area (TPSA) is 65.4 Å². The molecule has 3 rings (SSSR count). The number of imidazole rings is 1. The van der Waals surface area contributed by atoms with Crippen molar-refractivity contribution >= 4 is 16.9 Å². The second-order valence-electron chi connectivity index (χ2n) is 8.98. The lowest BCUT2D eigenvalue weighted by atomic mass is 9.96. The van der Waals surface area contributed by atoms with Crippen LogP contribution >= 0.6 is 0 Å². The third kappa shape index (κ3) is 6.25. The number of hydrogen-bond donors (Lipinski definition) is 1. The summed E-state index contributed by atoms with van der Waals surface area (Å²) >= 11 is 0. The summed E-state index contributed by atoms with van der Waals surface area (Å²) in [6, 6.07) is 15.9. The molecule has 0 spiro atoms. The Balaban J connectivity index is 1.55. The van der Waals surface area contributed by atoms with Gasteiger partial charge in [-0.1, -0.05) is 51.5 Å². The third-order valence-electron chi connectivity index (χ3n) is 5.42. The Kier molecular flexibility index (Phi) is 8.14. The molecule has 1 amide bonds.